The Bertz CT molecular complexity index is 779. The zero-order valence-corrected chi connectivity index (χ0v) is 11.9. The SMILES string of the molecule is COc1ccc(-c2cn(CC(=O)O)c(C(F)(F)F)cc2=O)cc1. The summed E-state index contributed by atoms with van der Waals surface area (Å²) in [5.41, 5.74) is -1.81. The molecule has 0 radical (unpaired) electrons. The molecule has 122 valence electrons. The molecule has 0 spiro atoms. The Morgan fingerprint density at radius 2 is 1.87 bits per heavy atom. The molecular weight excluding hydrogens is 315 g/mol. The van der Waals surface area contributed by atoms with E-state index in [1.165, 1.54) is 19.2 Å². The average Bonchev–Trinajstić information content (AvgIpc) is 2.47. The number of pyridine rings is 1. The van der Waals surface area contributed by atoms with Gasteiger partial charge in [-0.1, -0.05) is 12.1 Å². The molecule has 0 unspecified atom stereocenters. The number of carboxylic acids is 1. The maximum Gasteiger partial charge on any atom is 0.431 e. The van der Waals surface area contributed by atoms with Crippen molar-refractivity contribution in [3.8, 4) is 16.9 Å². The van der Waals surface area contributed by atoms with Crippen molar-refractivity contribution in [2.45, 2.75) is 12.7 Å². The molecule has 0 aliphatic rings. The summed E-state index contributed by atoms with van der Waals surface area (Å²) in [6.45, 7) is -0.904. The second kappa shape index (κ2) is 6.15. The van der Waals surface area contributed by atoms with Gasteiger partial charge in [-0.15, -0.1) is 0 Å². The largest absolute Gasteiger partial charge is 0.497 e. The van der Waals surface area contributed by atoms with E-state index in [1.807, 2.05) is 0 Å². The number of carboxylic acid groups (broad SMARTS) is 1. The van der Waals surface area contributed by atoms with Crippen LogP contribution < -0.4 is 10.2 Å². The highest BCUT2D eigenvalue weighted by molar-refractivity contribution is 5.68. The number of aromatic nitrogens is 1. The highest BCUT2D eigenvalue weighted by Gasteiger charge is 2.35. The topological polar surface area (TPSA) is 68.5 Å². The second-order valence-corrected chi connectivity index (χ2v) is 4.68. The van der Waals surface area contributed by atoms with Crippen LogP contribution in [-0.4, -0.2) is 22.8 Å². The van der Waals surface area contributed by atoms with E-state index in [0.717, 1.165) is 6.20 Å². The van der Waals surface area contributed by atoms with Crippen molar-refractivity contribution in [3.05, 3.63) is 52.4 Å². The highest BCUT2D eigenvalue weighted by Crippen LogP contribution is 2.30. The summed E-state index contributed by atoms with van der Waals surface area (Å²) >= 11 is 0. The van der Waals surface area contributed by atoms with Crippen molar-refractivity contribution in [3.63, 3.8) is 0 Å². The van der Waals surface area contributed by atoms with Crippen LogP contribution in [-0.2, 0) is 17.5 Å². The summed E-state index contributed by atoms with van der Waals surface area (Å²) < 4.78 is 44.3. The molecule has 1 heterocycles. The van der Waals surface area contributed by atoms with E-state index in [-0.39, 0.29) is 5.56 Å². The van der Waals surface area contributed by atoms with Crippen LogP contribution >= 0.6 is 0 Å². The molecule has 0 amide bonds. The minimum Gasteiger partial charge on any atom is -0.497 e. The Balaban J connectivity index is 2.60. The number of rotatable bonds is 4. The number of aliphatic carboxylic acids is 1. The first-order valence-corrected chi connectivity index (χ1v) is 6.40. The standard InChI is InChI=1S/C15H12F3NO4/c1-23-10-4-2-9(3-5-10)11-7-19(8-14(21)22)13(6-12(11)20)15(16,17)18/h2-7H,8H2,1H3,(H,21,22). The highest BCUT2D eigenvalue weighted by atomic mass is 19.4. The maximum absolute atomic E-state index is 12.9. The van der Waals surface area contributed by atoms with Crippen molar-refractivity contribution in [2.24, 2.45) is 0 Å². The molecule has 1 aromatic carbocycles. The van der Waals surface area contributed by atoms with Gasteiger partial charge < -0.3 is 14.4 Å². The Morgan fingerprint density at radius 1 is 1.26 bits per heavy atom. The predicted molar refractivity (Wildman–Crippen MR) is 75.3 cm³/mol. The van der Waals surface area contributed by atoms with Gasteiger partial charge in [0, 0.05) is 17.8 Å². The molecule has 8 heteroatoms. The Hall–Kier alpha value is -2.77. The van der Waals surface area contributed by atoms with Gasteiger partial charge in [-0.25, -0.2) is 0 Å². The van der Waals surface area contributed by atoms with Crippen LogP contribution in [0.5, 0.6) is 5.75 Å². The number of carbonyl (C=O) groups is 1. The summed E-state index contributed by atoms with van der Waals surface area (Å²) in [4.78, 5) is 22.8. The molecular formula is C15H12F3NO4. The van der Waals surface area contributed by atoms with Gasteiger partial charge in [-0.2, -0.15) is 13.2 Å². The molecule has 5 nitrogen and oxygen atoms in total. The normalized spacial score (nSPS) is 11.3. The van der Waals surface area contributed by atoms with Gasteiger partial charge in [-0.3, -0.25) is 9.59 Å². The van der Waals surface area contributed by atoms with E-state index >= 15 is 0 Å². The van der Waals surface area contributed by atoms with Gasteiger partial charge >= 0.3 is 12.1 Å². The molecule has 0 saturated heterocycles. The molecule has 0 fully saturated rings. The second-order valence-electron chi connectivity index (χ2n) is 4.68. The van der Waals surface area contributed by atoms with E-state index in [2.05, 4.69) is 0 Å². The van der Waals surface area contributed by atoms with Crippen molar-refractivity contribution < 1.29 is 27.8 Å². The number of benzene rings is 1. The lowest BCUT2D eigenvalue weighted by Crippen LogP contribution is -2.24. The fourth-order valence-corrected chi connectivity index (χ4v) is 2.08. The van der Waals surface area contributed by atoms with Crippen LogP contribution in [0.3, 0.4) is 0 Å². The van der Waals surface area contributed by atoms with Crippen molar-refractivity contribution >= 4 is 5.97 Å². The molecule has 0 aliphatic heterocycles. The number of hydrogen-bond acceptors (Lipinski definition) is 3. The molecule has 1 aromatic heterocycles. The first-order chi connectivity index (χ1) is 10.7. The number of methoxy groups -OCH3 is 1. The van der Waals surface area contributed by atoms with Crippen molar-refractivity contribution in [2.75, 3.05) is 7.11 Å². The third-order valence-corrected chi connectivity index (χ3v) is 3.12. The van der Waals surface area contributed by atoms with Gasteiger partial charge in [0.25, 0.3) is 0 Å². The molecule has 0 aliphatic carbocycles. The number of alkyl halides is 3. The van der Waals surface area contributed by atoms with Crippen LogP contribution in [0.4, 0.5) is 13.2 Å². The van der Waals surface area contributed by atoms with Crippen molar-refractivity contribution in [1.82, 2.24) is 4.57 Å². The zero-order valence-electron chi connectivity index (χ0n) is 11.9. The van der Waals surface area contributed by atoms with Crippen LogP contribution in [0.2, 0.25) is 0 Å². The van der Waals surface area contributed by atoms with E-state index < -0.39 is 29.8 Å². The summed E-state index contributed by atoms with van der Waals surface area (Å²) in [6.07, 6.45) is -3.92. The van der Waals surface area contributed by atoms with Gasteiger partial charge in [0.05, 0.1) is 7.11 Å². The Kier molecular flexibility index (Phi) is 4.44. The third kappa shape index (κ3) is 3.71. The number of halogens is 3. The van der Waals surface area contributed by atoms with Gasteiger partial charge in [0.1, 0.15) is 18.0 Å². The zero-order chi connectivity index (χ0) is 17.2. The molecule has 0 saturated carbocycles. The van der Waals surface area contributed by atoms with Gasteiger partial charge in [0.15, 0.2) is 5.43 Å². The van der Waals surface area contributed by atoms with Crippen LogP contribution in [0, 0.1) is 0 Å². The maximum atomic E-state index is 12.9. The van der Waals surface area contributed by atoms with Gasteiger partial charge in [0.2, 0.25) is 0 Å². The summed E-state index contributed by atoms with van der Waals surface area (Å²) in [5, 5.41) is 8.77. The lowest BCUT2D eigenvalue weighted by molar-refractivity contribution is -0.146. The number of ether oxygens (including phenoxy) is 1. The Morgan fingerprint density at radius 3 is 2.35 bits per heavy atom. The van der Waals surface area contributed by atoms with Crippen LogP contribution in [0.15, 0.2) is 41.3 Å². The van der Waals surface area contributed by atoms with E-state index in [9.17, 15) is 22.8 Å². The molecule has 2 aromatic rings. The lowest BCUT2D eigenvalue weighted by atomic mass is 10.1. The first-order valence-electron chi connectivity index (χ1n) is 6.40. The van der Waals surface area contributed by atoms with Crippen LogP contribution in [0.1, 0.15) is 5.69 Å². The first kappa shape index (κ1) is 16.6. The van der Waals surface area contributed by atoms with E-state index in [4.69, 9.17) is 9.84 Å². The fraction of sp³-hybridized carbons (Fsp3) is 0.200. The lowest BCUT2D eigenvalue weighted by Gasteiger charge is -2.15. The average molecular weight is 327 g/mol. The molecule has 0 atom stereocenters. The van der Waals surface area contributed by atoms with E-state index in [1.54, 1.807) is 12.1 Å². The predicted octanol–water partition coefficient (Wildman–Crippen LogP) is 2.63. The molecule has 2 rings (SSSR count). The minimum atomic E-state index is -4.83. The Labute approximate surface area is 128 Å². The van der Waals surface area contributed by atoms with Gasteiger partial charge in [-0.05, 0) is 17.7 Å². The summed E-state index contributed by atoms with van der Waals surface area (Å²) in [6, 6.07) is 6.52. The summed E-state index contributed by atoms with van der Waals surface area (Å²) in [7, 11) is 1.45. The number of hydrogen-bond donors (Lipinski definition) is 1. The molecule has 23 heavy (non-hydrogen) atoms. The third-order valence-electron chi connectivity index (χ3n) is 3.12. The van der Waals surface area contributed by atoms with Crippen LogP contribution in [0.25, 0.3) is 11.1 Å². The van der Waals surface area contributed by atoms with Crippen molar-refractivity contribution in [1.29, 1.82) is 0 Å². The smallest absolute Gasteiger partial charge is 0.431 e. The molecule has 1 N–H and O–H groups in total. The minimum absolute atomic E-state index is 0.0260. The van der Waals surface area contributed by atoms with E-state index in [0.29, 0.717) is 21.9 Å². The quantitative estimate of drug-likeness (QED) is 0.937. The monoisotopic (exact) mass is 327 g/mol. The molecule has 0 bridgehead atoms. The number of nitrogens with zero attached hydrogens (tertiary/aromatic N) is 1. The summed E-state index contributed by atoms with van der Waals surface area (Å²) in [5.74, 6) is -0.925. The fourth-order valence-electron chi connectivity index (χ4n) is 2.08.